The Morgan fingerprint density at radius 3 is 2.67 bits per heavy atom. The zero-order valence-corrected chi connectivity index (χ0v) is 11.1. The van der Waals surface area contributed by atoms with E-state index >= 15 is 0 Å². The molecule has 1 aliphatic rings. The van der Waals surface area contributed by atoms with Crippen molar-refractivity contribution < 1.29 is 27.5 Å². The van der Waals surface area contributed by atoms with Crippen LogP contribution in [0.25, 0.3) is 0 Å². The van der Waals surface area contributed by atoms with E-state index in [4.69, 9.17) is 4.74 Å². The van der Waals surface area contributed by atoms with Gasteiger partial charge in [-0.3, -0.25) is 9.59 Å². The molecule has 1 unspecified atom stereocenters. The van der Waals surface area contributed by atoms with Gasteiger partial charge in [-0.25, -0.2) is 0 Å². The van der Waals surface area contributed by atoms with Crippen LogP contribution < -0.4 is 15.0 Å². The first-order valence-electron chi connectivity index (χ1n) is 6.16. The monoisotopic (exact) mass is 302 g/mol. The Hall–Kier alpha value is -2.25. The molecule has 0 radical (unpaired) electrons. The summed E-state index contributed by atoms with van der Waals surface area (Å²) < 4.78 is 41.7. The van der Waals surface area contributed by atoms with Crippen molar-refractivity contribution in [3.8, 4) is 5.75 Å². The number of alkyl halides is 3. The van der Waals surface area contributed by atoms with Gasteiger partial charge in [0, 0.05) is 6.92 Å². The minimum absolute atomic E-state index is 0.129. The molecule has 0 saturated heterocycles. The summed E-state index contributed by atoms with van der Waals surface area (Å²) in [7, 11) is 0. The van der Waals surface area contributed by atoms with Gasteiger partial charge in [-0.1, -0.05) is 12.1 Å². The molecule has 1 atom stereocenters. The third kappa shape index (κ3) is 3.65. The van der Waals surface area contributed by atoms with Gasteiger partial charge < -0.3 is 15.0 Å². The fraction of sp³-hybridized carbons (Fsp3) is 0.385. The maximum atomic E-state index is 12.1. The van der Waals surface area contributed by atoms with E-state index in [1.165, 1.54) is 11.8 Å². The van der Waals surface area contributed by atoms with Gasteiger partial charge in [-0.2, -0.15) is 13.2 Å². The summed E-state index contributed by atoms with van der Waals surface area (Å²) in [4.78, 5) is 24.7. The van der Waals surface area contributed by atoms with Gasteiger partial charge in [0.1, 0.15) is 12.3 Å². The minimum atomic E-state index is -4.50. The lowest BCUT2D eigenvalue weighted by atomic mass is 10.1. The number of hydrogen-bond donors (Lipinski definition) is 1. The lowest BCUT2D eigenvalue weighted by molar-refractivity contribution is -0.142. The highest BCUT2D eigenvalue weighted by Crippen LogP contribution is 2.33. The van der Waals surface area contributed by atoms with Gasteiger partial charge in [0.15, 0.2) is 6.10 Å². The van der Waals surface area contributed by atoms with Crippen LogP contribution in [0.1, 0.15) is 6.92 Å². The highest BCUT2D eigenvalue weighted by Gasteiger charge is 2.35. The molecule has 1 aliphatic heterocycles. The third-order valence-corrected chi connectivity index (χ3v) is 2.91. The Balaban J connectivity index is 2.14. The first-order chi connectivity index (χ1) is 9.78. The van der Waals surface area contributed by atoms with Crippen LogP contribution in [0.2, 0.25) is 0 Å². The van der Waals surface area contributed by atoms with Crippen molar-refractivity contribution in [2.75, 3.05) is 18.0 Å². The van der Waals surface area contributed by atoms with Gasteiger partial charge in [-0.05, 0) is 12.1 Å². The van der Waals surface area contributed by atoms with Crippen molar-refractivity contribution in [3.05, 3.63) is 24.3 Å². The van der Waals surface area contributed by atoms with Crippen molar-refractivity contribution in [1.82, 2.24) is 5.32 Å². The van der Waals surface area contributed by atoms with E-state index in [0.29, 0.717) is 5.69 Å². The number of nitrogens with zero attached hydrogens (tertiary/aromatic N) is 1. The molecule has 5 nitrogen and oxygen atoms in total. The molecule has 0 spiro atoms. The van der Waals surface area contributed by atoms with Crippen molar-refractivity contribution in [3.63, 3.8) is 0 Å². The fourth-order valence-electron chi connectivity index (χ4n) is 1.97. The highest BCUT2D eigenvalue weighted by molar-refractivity contribution is 5.95. The molecule has 1 heterocycles. The molecular formula is C13H13F3N2O3. The number of amides is 2. The number of hydrogen-bond acceptors (Lipinski definition) is 3. The Bertz CT molecular complexity index is 560. The smallest absolute Gasteiger partial charge is 0.405 e. The zero-order valence-electron chi connectivity index (χ0n) is 11.1. The van der Waals surface area contributed by atoms with E-state index in [1.807, 2.05) is 0 Å². The molecule has 1 aromatic rings. The van der Waals surface area contributed by atoms with Crippen LogP contribution in [0.15, 0.2) is 24.3 Å². The van der Waals surface area contributed by atoms with Gasteiger partial charge in [0.25, 0.3) is 5.91 Å². The molecule has 2 rings (SSSR count). The summed E-state index contributed by atoms with van der Waals surface area (Å²) in [6, 6.07) is 6.53. The largest absolute Gasteiger partial charge is 0.477 e. The normalized spacial score (nSPS) is 17.7. The molecule has 2 amide bonds. The Labute approximate surface area is 118 Å². The molecule has 1 aromatic carbocycles. The SMILES string of the molecule is CC(=O)N1CC(C(=O)NCC(F)(F)F)Oc2ccccc21. The number of para-hydroxylation sites is 2. The van der Waals surface area contributed by atoms with Crippen molar-refractivity contribution in [2.24, 2.45) is 0 Å². The molecule has 0 fully saturated rings. The standard InChI is InChI=1S/C13H13F3N2O3/c1-8(19)18-6-11(12(20)17-7-13(14,15)16)21-10-5-3-2-4-9(10)18/h2-5,11H,6-7H2,1H3,(H,17,20). The summed E-state index contributed by atoms with van der Waals surface area (Å²) in [5.74, 6) is -0.946. The highest BCUT2D eigenvalue weighted by atomic mass is 19.4. The lowest BCUT2D eigenvalue weighted by Crippen LogP contribution is -2.51. The predicted octanol–water partition coefficient (Wildman–Crippen LogP) is 1.48. The number of nitrogens with one attached hydrogen (secondary N) is 1. The summed E-state index contributed by atoms with van der Waals surface area (Å²) in [6.45, 7) is -0.254. The summed E-state index contributed by atoms with van der Waals surface area (Å²) in [5.41, 5.74) is 0.491. The van der Waals surface area contributed by atoms with Gasteiger partial charge in [-0.15, -0.1) is 0 Å². The quantitative estimate of drug-likeness (QED) is 0.900. The second-order valence-electron chi connectivity index (χ2n) is 4.54. The number of halogens is 3. The molecule has 114 valence electrons. The molecule has 1 N–H and O–H groups in total. The Kier molecular flexibility index (Phi) is 4.06. The van der Waals surface area contributed by atoms with E-state index in [1.54, 1.807) is 29.6 Å². The maximum absolute atomic E-state index is 12.1. The van der Waals surface area contributed by atoms with Crippen LogP contribution in [-0.2, 0) is 9.59 Å². The van der Waals surface area contributed by atoms with Crippen LogP contribution in [0.4, 0.5) is 18.9 Å². The molecule has 21 heavy (non-hydrogen) atoms. The molecule has 0 saturated carbocycles. The number of carbonyl (C=O) groups excluding carboxylic acids is 2. The zero-order chi connectivity index (χ0) is 15.6. The summed E-state index contributed by atoms with van der Waals surface area (Å²) >= 11 is 0. The van der Waals surface area contributed by atoms with Crippen LogP contribution >= 0.6 is 0 Å². The fourth-order valence-corrected chi connectivity index (χ4v) is 1.97. The van der Waals surface area contributed by atoms with Gasteiger partial charge >= 0.3 is 6.18 Å². The third-order valence-electron chi connectivity index (χ3n) is 2.91. The number of benzene rings is 1. The predicted molar refractivity (Wildman–Crippen MR) is 67.9 cm³/mol. The van der Waals surface area contributed by atoms with E-state index in [0.717, 1.165) is 0 Å². The van der Waals surface area contributed by atoms with E-state index in [-0.39, 0.29) is 18.2 Å². The molecule has 0 bridgehead atoms. The lowest BCUT2D eigenvalue weighted by Gasteiger charge is -2.33. The molecule has 0 aromatic heterocycles. The average Bonchev–Trinajstić information content (AvgIpc) is 2.42. The van der Waals surface area contributed by atoms with Crippen molar-refractivity contribution in [1.29, 1.82) is 0 Å². The number of fused-ring (bicyclic) bond motifs is 1. The van der Waals surface area contributed by atoms with Crippen LogP contribution in [-0.4, -0.2) is 37.2 Å². The van der Waals surface area contributed by atoms with Crippen LogP contribution in [0.3, 0.4) is 0 Å². The molecular weight excluding hydrogens is 289 g/mol. The second kappa shape index (κ2) is 5.63. The van der Waals surface area contributed by atoms with Gasteiger partial charge in [0.2, 0.25) is 5.91 Å². The minimum Gasteiger partial charge on any atom is -0.477 e. The summed E-state index contributed by atoms with van der Waals surface area (Å²) in [5, 5.41) is 1.76. The average molecular weight is 302 g/mol. The first-order valence-corrected chi connectivity index (χ1v) is 6.16. The Morgan fingerprint density at radius 1 is 1.38 bits per heavy atom. The summed E-state index contributed by atoms with van der Waals surface area (Å²) in [6.07, 6.45) is -5.67. The number of rotatable bonds is 2. The molecule has 8 heteroatoms. The van der Waals surface area contributed by atoms with E-state index < -0.39 is 24.7 Å². The number of carbonyl (C=O) groups is 2. The van der Waals surface area contributed by atoms with Crippen LogP contribution in [0, 0.1) is 0 Å². The second-order valence-corrected chi connectivity index (χ2v) is 4.54. The number of anilines is 1. The Morgan fingerprint density at radius 2 is 2.05 bits per heavy atom. The first kappa shape index (κ1) is 15.1. The van der Waals surface area contributed by atoms with Crippen molar-refractivity contribution in [2.45, 2.75) is 19.2 Å². The maximum Gasteiger partial charge on any atom is 0.405 e. The topological polar surface area (TPSA) is 58.6 Å². The molecule has 0 aliphatic carbocycles. The van der Waals surface area contributed by atoms with Crippen molar-refractivity contribution >= 4 is 17.5 Å². The van der Waals surface area contributed by atoms with Crippen LogP contribution in [0.5, 0.6) is 5.75 Å². The van der Waals surface area contributed by atoms with E-state index in [9.17, 15) is 22.8 Å². The number of ether oxygens (including phenoxy) is 1. The van der Waals surface area contributed by atoms with Gasteiger partial charge in [0.05, 0.1) is 12.2 Å². The van der Waals surface area contributed by atoms with E-state index in [2.05, 4.69) is 0 Å².